The minimum atomic E-state index is -3.40. The molecule has 0 bridgehead atoms. The normalized spacial score (nSPS) is 16.3. The van der Waals surface area contributed by atoms with E-state index in [-0.39, 0.29) is 23.6 Å². The number of nitrogens with zero attached hydrogens (tertiary/aromatic N) is 1. The van der Waals surface area contributed by atoms with E-state index < -0.39 is 10.0 Å². The summed E-state index contributed by atoms with van der Waals surface area (Å²) in [6, 6.07) is 27.0. The largest absolute Gasteiger partial charge is 0.345 e. The van der Waals surface area contributed by atoms with Crippen LogP contribution in [0.5, 0.6) is 0 Å². The molecule has 5 nitrogen and oxygen atoms in total. The van der Waals surface area contributed by atoms with Crippen molar-refractivity contribution in [2.24, 2.45) is 5.92 Å². The molecule has 1 saturated heterocycles. The SMILES string of the molecule is Cc1ccccc1C(NC(=O)C1CCN(S(=O)(=O)Cc2ccccc2)CC1)c1ccccc1. The lowest BCUT2D eigenvalue weighted by molar-refractivity contribution is -0.126. The van der Waals surface area contributed by atoms with Gasteiger partial charge in [-0.3, -0.25) is 4.79 Å². The molecule has 0 spiro atoms. The third kappa shape index (κ3) is 5.70. The molecule has 1 aliphatic rings. The molecule has 1 aliphatic heterocycles. The molecule has 0 radical (unpaired) electrons. The Hall–Kier alpha value is -2.96. The molecule has 1 fully saturated rings. The third-order valence-electron chi connectivity index (χ3n) is 6.33. The molecule has 1 N–H and O–H groups in total. The van der Waals surface area contributed by atoms with Crippen molar-refractivity contribution in [3.8, 4) is 0 Å². The summed E-state index contributed by atoms with van der Waals surface area (Å²) in [5.41, 5.74) is 4.00. The van der Waals surface area contributed by atoms with Crippen molar-refractivity contribution in [1.82, 2.24) is 9.62 Å². The highest BCUT2D eigenvalue weighted by molar-refractivity contribution is 7.88. The molecule has 0 aromatic heterocycles. The first-order valence-corrected chi connectivity index (χ1v) is 13.0. The second kappa shape index (κ2) is 10.3. The first kappa shape index (κ1) is 23.2. The molecule has 1 unspecified atom stereocenters. The Kier molecular flexibility index (Phi) is 7.26. The molecule has 6 heteroatoms. The molecular formula is C27H30N2O3S. The number of hydrogen-bond donors (Lipinski definition) is 1. The molecule has 4 rings (SSSR count). The van der Waals surface area contributed by atoms with Crippen LogP contribution >= 0.6 is 0 Å². The molecule has 1 amide bonds. The predicted molar refractivity (Wildman–Crippen MR) is 131 cm³/mol. The van der Waals surface area contributed by atoms with Gasteiger partial charge in [0.05, 0.1) is 11.8 Å². The van der Waals surface area contributed by atoms with Crippen molar-refractivity contribution < 1.29 is 13.2 Å². The average molecular weight is 463 g/mol. The van der Waals surface area contributed by atoms with Crippen molar-refractivity contribution in [2.75, 3.05) is 13.1 Å². The Labute approximate surface area is 196 Å². The summed E-state index contributed by atoms with van der Waals surface area (Å²) < 4.78 is 27.2. The molecule has 3 aromatic carbocycles. The Bertz CT molecular complexity index is 1170. The third-order valence-corrected chi connectivity index (χ3v) is 8.18. The number of hydrogen-bond acceptors (Lipinski definition) is 3. The fourth-order valence-corrected chi connectivity index (χ4v) is 5.99. The number of benzene rings is 3. The fourth-order valence-electron chi connectivity index (χ4n) is 4.43. The maximum atomic E-state index is 13.2. The van der Waals surface area contributed by atoms with Crippen LogP contribution in [0.4, 0.5) is 0 Å². The quantitative estimate of drug-likeness (QED) is 0.564. The summed E-state index contributed by atoms with van der Waals surface area (Å²) in [6.07, 6.45) is 1.05. The fraction of sp³-hybridized carbons (Fsp3) is 0.296. The average Bonchev–Trinajstić information content (AvgIpc) is 2.84. The summed E-state index contributed by atoms with van der Waals surface area (Å²) in [5, 5.41) is 3.25. The molecule has 1 heterocycles. The van der Waals surface area contributed by atoms with Gasteiger partial charge in [0.2, 0.25) is 15.9 Å². The van der Waals surface area contributed by atoms with Crippen LogP contribution in [0.15, 0.2) is 84.9 Å². The van der Waals surface area contributed by atoms with Gasteiger partial charge in [-0.15, -0.1) is 0 Å². The number of nitrogens with one attached hydrogen (secondary N) is 1. The number of carbonyl (C=O) groups excluding carboxylic acids is 1. The molecule has 172 valence electrons. The van der Waals surface area contributed by atoms with E-state index in [9.17, 15) is 13.2 Å². The van der Waals surface area contributed by atoms with Gasteiger partial charge in [-0.1, -0.05) is 84.9 Å². The minimum Gasteiger partial charge on any atom is -0.345 e. The number of sulfonamides is 1. The highest BCUT2D eigenvalue weighted by Crippen LogP contribution is 2.27. The van der Waals surface area contributed by atoms with E-state index in [0.717, 1.165) is 22.3 Å². The van der Waals surface area contributed by atoms with E-state index in [1.807, 2.05) is 91.9 Å². The first-order valence-electron chi connectivity index (χ1n) is 11.4. The second-order valence-electron chi connectivity index (χ2n) is 8.62. The number of carbonyl (C=O) groups is 1. The zero-order valence-electron chi connectivity index (χ0n) is 18.9. The molecule has 0 aliphatic carbocycles. The maximum absolute atomic E-state index is 13.2. The van der Waals surface area contributed by atoms with Crippen LogP contribution in [-0.4, -0.2) is 31.7 Å². The van der Waals surface area contributed by atoms with Gasteiger partial charge in [0, 0.05) is 19.0 Å². The van der Waals surface area contributed by atoms with Crippen molar-refractivity contribution in [2.45, 2.75) is 31.6 Å². The summed E-state index contributed by atoms with van der Waals surface area (Å²) in [5.74, 6) is -0.232. The summed E-state index contributed by atoms with van der Waals surface area (Å²) >= 11 is 0. The highest BCUT2D eigenvalue weighted by atomic mass is 32.2. The van der Waals surface area contributed by atoms with Gasteiger partial charge in [0.25, 0.3) is 0 Å². The van der Waals surface area contributed by atoms with E-state index in [1.165, 1.54) is 4.31 Å². The topological polar surface area (TPSA) is 66.5 Å². The molecule has 0 saturated carbocycles. The Balaban J connectivity index is 1.43. The summed E-state index contributed by atoms with van der Waals surface area (Å²) in [6.45, 7) is 2.79. The van der Waals surface area contributed by atoms with Gasteiger partial charge in [-0.2, -0.15) is 0 Å². The number of aryl methyl sites for hydroxylation is 1. The minimum absolute atomic E-state index is 0.00588. The van der Waals surface area contributed by atoms with Crippen LogP contribution in [0.3, 0.4) is 0 Å². The van der Waals surface area contributed by atoms with Crippen LogP contribution in [-0.2, 0) is 20.6 Å². The van der Waals surface area contributed by atoms with E-state index in [4.69, 9.17) is 0 Å². The van der Waals surface area contributed by atoms with Crippen molar-refractivity contribution in [3.63, 3.8) is 0 Å². The lowest BCUT2D eigenvalue weighted by Crippen LogP contribution is -2.44. The summed E-state index contributed by atoms with van der Waals surface area (Å²) in [7, 11) is -3.40. The Morgan fingerprint density at radius 2 is 1.48 bits per heavy atom. The second-order valence-corrected chi connectivity index (χ2v) is 10.6. The van der Waals surface area contributed by atoms with Gasteiger partial charge in [0.15, 0.2) is 0 Å². The van der Waals surface area contributed by atoms with Gasteiger partial charge < -0.3 is 5.32 Å². The van der Waals surface area contributed by atoms with Crippen LogP contribution in [0.2, 0.25) is 0 Å². The molecule has 1 atom stereocenters. The zero-order valence-corrected chi connectivity index (χ0v) is 19.7. The molecular weight excluding hydrogens is 432 g/mol. The Morgan fingerprint density at radius 1 is 0.909 bits per heavy atom. The van der Waals surface area contributed by atoms with Crippen molar-refractivity contribution in [1.29, 1.82) is 0 Å². The van der Waals surface area contributed by atoms with E-state index in [1.54, 1.807) is 0 Å². The highest BCUT2D eigenvalue weighted by Gasteiger charge is 2.32. The van der Waals surface area contributed by atoms with E-state index in [2.05, 4.69) is 5.32 Å². The van der Waals surface area contributed by atoms with Gasteiger partial charge in [0.1, 0.15) is 0 Å². The first-order chi connectivity index (χ1) is 15.9. The Morgan fingerprint density at radius 3 is 2.12 bits per heavy atom. The molecule has 33 heavy (non-hydrogen) atoms. The maximum Gasteiger partial charge on any atom is 0.223 e. The van der Waals surface area contributed by atoms with Crippen LogP contribution in [0.25, 0.3) is 0 Å². The van der Waals surface area contributed by atoms with Crippen LogP contribution in [0.1, 0.15) is 41.1 Å². The summed E-state index contributed by atoms with van der Waals surface area (Å²) in [4.78, 5) is 13.2. The molecule has 3 aromatic rings. The lowest BCUT2D eigenvalue weighted by Gasteiger charge is -2.32. The predicted octanol–water partition coefficient (Wildman–Crippen LogP) is 4.44. The standard InChI is InChI=1S/C27H30N2O3S/c1-21-10-8-9-15-25(21)26(23-13-6-3-7-14-23)28-27(30)24-16-18-29(19-17-24)33(31,32)20-22-11-4-2-5-12-22/h2-15,24,26H,16-20H2,1H3,(H,28,30). The van der Waals surface area contributed by atoms with E-state index in [0.29, 0.717) is 25.9 Å². The number of piperidine rings is 1. The zero-order chi connectivity index (χ0) is 23.3. The number of amides is 1. The number of rotatable bonds is 7. The van der Waals surface area contributed by atoms with E-state index >= 15 is 0 Å². The van der Waals surface area contributed by atoms with Crippen LogP contribution in [0, 0.1) is 12.8 Å². The van der Waals surface area contributed by atoms with Gasteiger partial charge >= 0.3 is 0 Å². The monoisotopic (exact) mass is 462 g/mol. The van der Waals surface area contributed by atoms with Crippen molar-refractivity contribution in [3.05, 3.63) is 107 Å². The smallest absolute Gasteiger partial charge is 0.223 e. The van der Waals surface area contributed by atoms with Gasteiger partial charge in [-0.25, -0.2) is 12.7 Å². The lowest BCUT2D eigenvalue weighted by atomic mass is 9.92. The van der Waals surface area contributed by atoms with Crippen LogP contribution < -0.4 is 5.32 Å². The van der Waals surface area contributed by atoms with Gasteiger partial charge in [-0.05, 0) is 42.0 Å². The van der Waals surface area contributed by atoms with Crippen molar-refractivity contribution >= 4 is 15.9 Å².